The predicted molar refractivity (Wildman–Crippen MR) is 368 cm³/mol. The molecule has 0 fully saturated rings. The molecular formula is C72H146N6O8. The van der Waals surface area contributed by atoms with Crippen molar-refractivity contribution in [1.82, 2.24) is 21.3 Å². The zero-order valence-electron chi connectivity index (χ0n) is 58.0. The molecule has 0 bridgehead atoms. The van der Waals surface area contributed by atoms with Crippen LogP contribution in [0.4, 0.5) is 0 Å². The molecule has 14 nitrogen and oxygen atoms in total. The molecule has 0 spiro atoms. The fourth-order valence-corrected chi connectivity index (χ4v) is 9.48. The molecule has 0 rings (SSSR count). The van der Waals surface area contributed by atoms with Crippen LogP contribution in [0.2, 0.25) is 0 Å². The summed E-state index contributed by atoms with van der Waals surface area (Å²) in [5.41, 5.74) is 11.8. The Balaban J connectivity index is -0.000000246. The van der Waals surface area contributed by atoms with Crippen molar-refractivity contribution in [3.8, 4) is 0 Å². The van der Waals surface area contributed by atoms with Crippen LogP contribution in [0, 0.1) is 35.5 Å². The smallest absolute Gasteiger partial charge is 0.237 e. The molecule has 0 radical (unpaired) electrons. The van der Waals surface area contributed by atoms with Crippen LogP contribution >= 0.6 is 0 Å². The zero-order chi connectivity index (χ0) is 65.0. The van der Waals surface area contributed by atoms with Crippen LogP contribution in [-0.4, -0.2) is 83.0 Å². The lowest BCUT2D eigenvalue weighted by atomic mass is 9.95. The highest BCUT2D eigenvalue weighted by Gasteiger charge is 2.28. The van der Waals surface area contributed by atoms with E-state index in [9.17, 15) is 38.4 Å². The van der Waals surface area contributed by atoms with Crippen molar-refractivity contribution in [3.05, 3.63) is 0 Å². The van der Waals surface area contributed by atoms with Crippen LogP contribution in [0.15, 0.2) is 0 Å². The maximum atomic E-state index is 12.2. The third kappa shape index (κ3) is 50.4. The molecule has 0 aliphatic carbocycles. The molecule has 0 heterocycles. The average molecular weight is 1220 g/mol. The zero-order valence-corrected chi connectivity index (χ0v) is 58.0. The van der Waals surface area contributed by atoms with Gasteiger partial charge in [-0.2, -0.15) is 0 Å². The summed E-state index contributed by atoms with van der Waals surface area (Å²) in [6.45, 7) is 36.2. The molecule has 86 heavy (non-hydrogen) atoms. The summed E-state index contributed by atoms with van der Waals surface area (Å²) in [6, 6.07) is -2.33. The van der Waals surface area contributed by atoms with Gasteiger partial charge in [-0.25, -0.2) is 0 Å². The molecule has 0 saturated heterocycles. The standard InChI is InChI=1S/2C18H35NO2.2C17H34N2O2.2CH4/c2*1-6-8-10-12-15(5)18(21)19-16(13-11-9-7-2)17(20)14(3)4;2*1-5-7-9-11-14(18)17(21)19-15(12-10-8-6-2)16(20)13(3)4;;/h2*14-16H,6-13H2,1-5H3,(H,19,21);2*13-15H,5-12,18H2,1-4H3,(H,19,21);2*1H4. The van der Waals surface area contributed by atoms with E-state index in [4.69, 9.17) is 11.5 Å². The van der Waals surface area contributed by atoms with Crippen LogP contribution in [0.1, 0.15) is 345 Å². The number of amides is 4. The summed E-state index contributed by atoms with van der Waals surface area (Å²) >= 11 is 0. The van der Waals surface area contributed by atoms with E-state index in [0.29, 0.717) is 12.8 Å². The molecule has 14 heteroatoms. The van der Waals surface area contributed by atoms with Gasteiger partial charge in [0, 0.05) is 35.5 Å². The molecule has 0 aliphatic heterocycles. The van der Waals surface area contributed by atoms with Crippen LogP contribution in [0.25, 0.3) is 0 Å². The largest absolute Gasteiger partial charge is 0.346 e. The number of hydrogen-bond donors (Lipinski definition) is 6. The summed E-state index contributed by atoms with van der Waals surface area (Å²) < 4.78 is 0. The highest BCUT2D eigenvalue weighted by molar-refractivity contribution is 5.93. The summed E-state index contributed by atoms with van der Waals surface area (Å²) in [6.07, 6.45) is 32.2. The normalized spacial score (nSPS) is 13.7. The van der Waals surface area contributed by atoms with E-state index < -0.39 is 12.1 Å². The molecule has 8 atom stereocenters. The fraction of sp³-hybridized carbons (Fsp3) is 0.889. The summed E-state index contributed by atoms with van der Waals surface area (Å²) in [4.78, 5) is 97.6. The van der Waals surface area contributed by atoms with Gasteiger partial charge in [-0.3, -0.25) is 38.4 Å². The molecule has 8 unspecified atom stereocenters. The van der Waals surface area contributed by atoms with Gasteiger partial charge in [0.15, 0.2) is 23.1 Å². The second-order valence-corrected chi connectivity index (χ2v) is 25.5. The minimum atomic E-state index is -0.495. The number of rotatable bonds is 48. The third-order valence-electron chi connectivity index (χ3n) is 15.6. The molecule has 0 aromatic carbocycles. The Morgan fingerprint density at radius 3 is 0.593 bits per heavy atom. The first kappa shape index (κ1) is 93.6. The maximum absolute atomic E-state index is 12.2. The lowest BCUT2D eigenvalue weighted by Gasteiger charge is -2.21. The Kier molecular flexibility index (Phi) is 67.2. The first-order valence-corrected chi connectivity index (χ1v) is 34.6. The Hall–Kier alpha value is -3.52. The summed E-state index contributed by atoms with van der Waals surface area (Å²) in [7, 11) is 0. The Morgan fingerprint density at radius 2 is 0.419 bits per heavy atom. The van der Waals surface area contributed by atoms with Gasteiger partial charge < -0.3 is 32.7 Å². The predicted octanol–water partition coefficient (Wildman–Crippen LogP) is 16.6. The van der Waals surface area contributed by atoms with Gasteiger partial charge in [-0.15, -0.1) is 0 Å². The van der Waals surface area contributed by atoms with Crippen molar-refractivity contribution in [2.75, 3.05) is 0 Å². The molecule has 512 valence electrons. The van der Waals surface area contributed by atoms with E-state index in [1.807, 2.05) is 69.2 Å². The van der Waals surface area contributed by atoms with E-state index in [1.54, 1.807) is 0 Å². The SMILES string of the molecule is C.C.CCCCCC(C)C(=O)NC(CCCCC)C(=O)C(C)C.CCCCCC(C)C(=O)NC(CCCCC)C(=O)C(C)C.CCCCCC(N)C(=O)NC(CCCCC)C(=O)C(C)C.CCCCCC(N)C(=O)NC(CCCCC)C(=O)C(C)C. The van der Waals surface area contributed by atoms with Crippen molar-refractivity contribution in [2.24, 2.45) is 47.0 Å². The monoisotopic (exact) mass is 1220 g/mol. The number of carbonyl (C=O) groups excluding carboxylic acids is 8. The van der Waals surface area contributed by atoms with Crippen LogP contribution < -0.4 is 32.7 Å². The first-order valence-electron chi connectivity index (χ1n) is 34.6. The van der Waals surface area contributed by atoms with Gasteiger partial charge >= 0.3 is 0 Å². The highest BCUT2D eigenvalue weighted by Crippen LogP contribution is 2.17. The van der Waals surface area contributed by atoms with Gasteiger partial charge in [-0.1, -0.05) is 294 Å². The summed E-state index contributed by atoms with van der Waals surface area (Å²) in [5.74, 6) is 0.128. The second-order valence-electron chi connectivity index (χ2n) is 25.5. The van der Waals surface area contributed by atoms with Crippen molar-refractivity contribution < 1.29 is 38.4 Å². The van der Waals surface area contributed by atoms with Gasteiger partial charge in [0.2, 0.25) is 23.6 Å². The second kappa shape index (κ2) is 61.7. The Labute approximate surface area is 532 Å². The number of Topliss-reactive ketones (excluding diaryl/α,β-unsaturated/α-hetero) is 4. The lowest BCUT2D eigenvalue weighted by molar-refractivity contribution is -0.131. The van der Waals surface area contributed by atoms with E-state index in [0.717, 1.165) is 167 Å². The van der Waals surface area contributed by atoms with Crippen molar-refractivity contribution in [2.45, 2.75) is 381 Å². The van der Waals surface area contributed by atoms with Gasteiger partial charge in [0.25, 0.3) is 0 Å². The first-order chi connectivity index (χ1) is 39.7. The minimum absolute atomic E-state index is 0. The van der Waals surface area contributed by atoms with Gasteiger partial charge in [0.1, 0.15) is 0 Å². The van der Waals surface area contributed by atoms with Gasteiger partial charge in [-0.05, 0) is 51.4 Å². The van der Waals surface area contributed by atoms with E-state index >= 15 is 0 Å². The maximum Gasteiger partial charge on any atom is 0.237 e. The molecular weight excluding hydrogens is 1080 g/mol. The van der Waals surface area contributed by atoms with E-state index in [2.05, 4.69) is 76.7 Å². The number of unbranched alkanes of at least 4 members (excludes halogenated alkanes) is 16. The quantitative estimate of drug-likeness (QED) is 0.0315. The molecule has 0 saturated carbocycles. The topological polar surface area (TPSA) is 237 Å². The number of nitrogens with two attached hydrogens (primary N) is 2. The average Bonchev–Trinajstić information content (AvgIpc) is 3.48. The van der Waals surface area contributed by atoms with Gasteiger partial charge in [0.05, 0.1) is 36.3 Å². The van der Waals surface area contributed by atoms with Crippen LogP contribution in [0.5, 0.6) is 0 Å². The van der Waals surface area contributed by atoms with Crippen molar-refractivity contribution in [1.29, 1.82) is 0 Å². The number of hydrogen-bond acceptors (Lipinski definition) is 10. The number of nitrogens with one attached hydrogen (secondary N) is 4. The number of ketones is 4. The number of carbonyl (C=O) groups is 8. The van der Waals surface area contributed by atoms with E-state index in [1.165, 1.54) is 25.7 Å². The highest BCUT2D eigenvalue weighted by atomic mass is 16.2. The summed E-state index contributed by atoms with van der Waals surface area (Å²) in [5, 5.41) is 11.7. The van der Waals surface area contributed by atoms with Crippen LogP contribution in [0.3, 0.4) is 0 Å². The van der Waals surface area contributed by atoms with Crippen molar-refractivity contribution >= 4 is 46.8 Å². The molecule has 8 N–H and O–H groups in total. The lowest BCUT2D eigenvalue weighted by Crippen LogP contribution is -2.49. The molecule has 0 aromatic heterocycles. The molecule has 4 amide bonds. The molecule has 0 aliphatic rings. The third-order valence-corrected chi connectivity index (χ3v) is 15.6. The Bertz CT molecular complexity index is 1450. The fourth-order valence-electron chi connectivity index (χ4n) is 9.48. The Morgan fingerprint density at radius 1 is 0.256 bits per heavy atom. The van der Waals surface area contributed by atoms with Crippen LogP contribution in [-0.2, 0) is 38.4 Å². The van der Waals surface area contributed by atoms with E-state index in [-0.39, 0.29) is 121 Å². The minimum Gasteiger partial charge on any atom is -0.346 e. The van der Waals surface area contributed by atoms with Crippen molar-refractivity contribution in [3.63, 3.8) is 0 Å². The molecule has 0 aromatic rings.